The molecule has 3 nitrogen and oxygen atoms in total. The summed E-state index contributed by atoms with van der Waals surface area (Å²) < 4.78 is 18.4. The summed E-state index contributed by atoms with van der Waals surface area (Å²) in [5, 5.41) is 0. The molecular weight excluding hydrogens is 245 g/mol. The molecule has 0 aliphatic heterocycles. The van der Waals surface area contributed by atoms with Crippen molar-refractivity contribution in [3.8, 4) is 5.75 Å². The first-order valence-corrected chi connectivity index (χ1v) is 5.78. The minimum absolute atomic E-state index is 0.243. The summed E-state index contributed by atoms with van der Waals surface area (Å²) in [5.74, 6) is -0.238. The number of carbonyl (C=O) groups is 1. The fraction of sp³-hybridized carbons (Fsp3) is 0.133. The van der Waals surface area contributed by atoms with Crippen molar-refractivity contribution in [1.29, 1.82) is 0 Å². The lowest BCUT2D eigenvalue weighted by Gasteiger charge is -2.10. The van der Waals surface area contributed by atoms with Crippen LogP contribution in [-0.4, -0.2) is 12.9 Å². The molecule has 19 heavy (non-hydrogen) atoms. The van der Waals surface area contributed by atoms with Gasteiger partial charge in [-0.25, -0.2) is 4.39 Å². The van der Waals surface area contributed by atoms with Crippen LogP contribution in [0.3, 0.4) is 0 Å². The molecule has 0 spiro atoms. The number of aryl methyl sites for hydroxylation is 1. The van der Waals surface area contributed by atoms with Gasteiger partial charge in [0.05, 0.1) is 18.4 Å². The number of nitrogen functional groups attached to an aromatic ring is 1. The van der Waals surface area contributed by atoms with Crippen molar-refractivity contribution in [3.05, 3.63) is 58.9 Å². The lowest BCUT2D eigenvalue weighted by atomic mass is 10.00. The van der Waals surface area contributed by atoms with Crippen molar-refractivity contribution in [1.82, 2.24) is 0 Å². The Morgan fingerprint density at radius 1 is 1.26 bits per heavy atom. The number of anilines is 1. The van der Waals surface area contributed by atoms with Crippen LogP contribution in [0.1, 0.15) is 21.5 Å². The zero-order valence-electron chi connectivity index (χ0n) is 10.7. The van der Waals surface area contributed by atoms with Gasteiger partial charge >= 0.3 is 0 Å². The van der Waals surface area contributed by atoms with Crippen molar-refractivity contribution >= 4 is 11.5 Å². The highest BCUT2D eigenvalue weighted by Gasteiger charge is 2.16. The maximum absolute atomic E-state index is 13.2. The Morgan fingerprint density at radius 3 is 2.63 bits per heavy atom. The molecule has 0 aliphatic rings. The van der Waals surface area contributed by atoms with Crippen molar-refractivity contribution in [2.75, 3.05) is 12.8 Å². The van der Waals surface area contributed by atoms with E-state index < -0.39 is 0 Å². The Hall–Kier alpha value is -2.36. The molecule has 2 N–H and O–H groups in total. The summed E-state index contributed by atoms with van der Waals surface area (Å²) in [5.41, 5.74) is 7.36. The Morgan fingerprint density at radius 2 is 2.00 bits per heavy atom. The summed E-state index contributed by atoms with van der Waals surface area (Å²) in [6, 6.07) is 9.22. The molecule has 0 saturated carbocycles. The number of nitrogens with two attached hydrogens (primary N) is 1. The fourth-order valence-corrected chi connectivity index (χ4v) is 1.90. The third-order valence-corrected chi connectivity index (χ3v) is 2.91. The van der Waals surface area contributed by atoms with E-state index in [1.165, 1.54) is 25.3 Å². The maximum atomic E-state index is 13.2. The van der Waals surface area contributed by atoms with Gasteiger partial charge in [0.1, 0.15) is 5.82 Å². The van der Waals surface area contributed by atoms with Crippen LogP contribution >= 0.6 is 0 Å². The molecule has 2 aromatic carbocycles. The van der Waals surface area contributed by atoms with Gasteiger partial charge in [0, 0.05) is 5.56 Å². The first-order valence-electron chi connectivity index (χ1n) is 5.78. The zero-order chi connectivity index (χ0) is 14.0. The van der Waals surface area contributed by atoms with E-state index in [1.807, 2.05) is 0 Å². The number of hydrogen-bond donors (Lipinski definition) is 1. The lowest BCUT2D eigenvalue weighted by Crippen LogP contribution is -2.06. The Labute approximate surface area is 110 Å². The third-order valence-electron chi connectivity index (χ3n) is 2.91. The van der Waals surface area contributed by atoms with Gasteiger partial charge in [-0.05, 0) is 42.8 Å². The second-order valence-corrected chi connectivity index (χ2v) is 4.22. The molecule has 98 valence electrons. The monoisotopic (exact) mass is 259 g/mol. The van der Waals surface area contributed by atoms with Gasteiger partial charge in [0.2, 0.25) is 0 Å². The van der Waals surface area contributed by atoms with E-state index in [9.17, 15) is 9.18 Å². The number of methoxy groups -OCH3 is 1. The summed E-state index contributed by atoms with van der Waals surface area (Å²) in [6.07, 6.45) is 0. The zero-order valence-corrected chi connectivity index (χ0v) is 10.7. The topological polar surface area (TPSA) is 52.3 Å². The van der Waals surface area contributed by atoms with Crippen LogP contribution in [0.25, 0.3) is 0 Å². The second kappa shape index (κ2) is 5.10. The summed E-state index contributed by atoms with van der Waals surface area (Å²) in [6.45, 7) is 1.61. The second-order valence-electron chi connectivity index (χ2n) is 4.22. The maximum Gasteiger partial charge on any atom is 0.196 e. The molecular formula is C15H14FNO2. The van der Waals surface area contributed by atoms with Gasteiger partial charge in [-0.15, -0.1) is 0 Å². The smallest absolute Gasteiger partial charge is 0.196 e. The van der Waals surface area contributed by atoms with Crippen molar-refractivity contribution in [3.63, 3.8) is 0 Å². The predicted molar refractivity (Wildman–Crippen MR) is 72.0 cm³/mol. The molecule has 0 amide bonds. The van der Waals surface area contributed by atoms with Crippen molar-refractivity contribution in [2.24, 2.45) is 0 Å². The van der Waals surface area contributed by atoms with Crippen LogP contribution < -0.4 is 10.5 Å². The highest BCUT2D eigenvalue weighted by molar-refractivity contribution is 6.11. The number of ketones is 1. The van der Waals surface area contributed by atoms with Crippen LogP contribution in [0.5, 0.6) is 5.75 Å². The van der Waals surface area contributed by atoms with Gasteiger partial charge in [0.25, 0.3) is 0 Å². The van der Waals surface area contributed by atoms with Gasteiger partial charge in [-0.2, -0.15) is 0 Å². The minimum atomic E-state index is -0.337. The number of carbonyl (C=O) groups excluding carboxylic acids is 1. The van der Waals surface area contributed by atoms with Crippen LogP contribution in [0, 0.1) is 12.7 Å². The molecule has 2 rings (SSSR count). The third kappa shape index (κ3) is 2.42. The van der Waals surface area contributed by atoms with Crippen LogP contribution in [0.2, 0.25) is 0 Å². The molecule has 0 aliphatic carbocycles. The van der Waals surface area contributed by atoms with Crippen LogP contribution in [-0.2, 0) is 0 Å². The first-order chi connectivity index (χ1) is 9.04. The standard InChI is InChI=1S/C15H14FNO2/c1-9-8-10(6-7-12(9)16)14(18)11-4-3-5-13(17)15(11)19-2/h3-8H,17H2,1-2H3. The molecule has 0 saturated heterocycles. The number of hydrogen-bond acceptors (Lipinski definition) is 3. The van der Waals surface area contributed by atoms with E-state index in [-0.39, 0.29) is 11.6 Å². The number of benzene rings is 2. The molecule has 0 bridgehead atoms. The number of para-hydroxylation sites is 1. The van der Waals surface area contributed by atoms with E-state index in [0.717, 1.165) is 0 Å². The van der Waals surface area contributed by atoms with Gasteiger partial charge in [-0.3, -0.25) is 4.79 Å². The quantitative estimate of drug-likeness (QED) is 0.681. The highest BCUT2D eigenvalue weighted by atomic mass is 19.1. The molecule has 0 atom stereocenters. The summed E-state index contributed by atoms with van der Waals surface area (Å²) >= 11 is 0. The fourth-order valence-electron chi connectivity index (χ4n) is 1.90. The summed E-state index contributed by atoms with van der Waals surface area (Å²) in [7, 11) is 1.46. The molecule has 0 heterocycles. The minimum Gasteiger partial charge on any atom is -0.494 e. The normalized spacial score (nSPS) is 10.3. The predicted octanol–water partition coefficient (Wildman–Crippen LogP) is 2.96. The average Bonchev–Trinajstić information content (AvgIpc) is 2.40. The molecule has 0 unspecified atom stereocenters. The van der Waals surface area contributed by atoms with Crippen LogP contribution in [0.4, 0.5) is 10.1 Å². The van der Waals surface area contributed by atoms with E-state index in [1.54, 1.807) is 25.1 Å². The number of halogens is 1. The summed E-state index contributed by atoms with van der Waals surface area (Å²) in [4.78, 5) is 12.4. The van der Waals surface area contributed by atoms with Gasteiger partial charge in [0.15, 0.2) is 11.5 Å². The van der Waals surface area contributed by atoms with E-state index >= 15 is 0 Å². The van der Waals surface area contributed by atoms with E-state index in [2.05, 4.69) is 0 Å². The Bertz CT molecular complexity index is 638. The average molecular weight is 259 g/mol. The number of ether oxygens (including phenoxy) is 1. The number of rotatable bonds is 3. The van der Waals surface area contributed by atoms with Crippen LogP contribution in [0.15, 0.2) is 36.4 Å². The first kappa shape index (κ1) is 13.1. The highest BCUT2D eigenvalue weighted by Crippen LogP contribution is 2.28. The molecule has 0 fully saturated rings. The molecule has 0 radical (unpaired) electrons. The molecule has 0 aromatic heterocycles. The van der Waals surface area contributed by atoms with Crippen molar-refractivity contribution in [2.45, 2.75) is 6.92 Å². The lowest BCUT2D eigenvalue weighted by molar-refractivity contribution is 0.103. The van der Waals surface area contributed by atoms with E-state index in [4.69, 9.17) is 10.5 Å². The largest absolute Gasteiger partial charge is 0.494 e. The van der Waals surface area contributed by atoms with E-state index in [0.29, 0.717) is 28.1 Å². The van der Waals surface area contributed by atoms with Gasteiger partial charge in [-0.1, -0.05) is 6.07 Å². The molecule has 2 aromatic rings. The Balaban J connectivity index is 2.50. The van der Waals surface area contributed by atoms with Gasteiger partial charge < -0.3 is 10.5 Å². The molecule has 4 heteroatoms. The Kier molecular flexibility index (Phi) is 3.51. The SMILES string of the molecule is COc1c(N)cccc1C(=O)c1ccc(F)c(C)c1. The van der Waals surface area contributed by atoms with Crippen molar-refractivity contribution < 1.29 is 13.9 Å².